The van der Waals surface area contributed by atoms with Crippen LogP contribution in [0.15, 0.2) is 36.5 Å². The highest BCUT2D eigenvalue weighted by Crippen LogP contribution is 2.18. The zero-order valence-electron chi connectivity index (χ0n) is 45.0. The Morgan fingerprint density at radius 3 is 1.18 bits per heavy atom. The van der Waals surface area contributed by atoms with Crippen LogP contribution >= 0.6 is 0 Å². The van der Waals surface area contributed by atoms with Crippen LogP contribution in [0.4, 0.5) is 0 Å². The van der Waals surface area contributed by atoms with Crippen molar-refractivity contribution >= 4 is 11.9 Å². The molecule has 3 N–H and O–H groups in total. The van der Waals surface area contributed by atoms with E-state index < -0.39 is 18.2 Å². The van der Waals surface area contributed by atoms with Gasteiger partial charge in [-0.15, -0.1) is 0 Å². The molecule has 0 aromatic carbocycles. The molecule has 394 valence electrons. The Labute approximate surface area is 417 Å². The summed E-state index contributed by atoms with van der Waals surface area (Å²) in [5, 5.41) is 23.9. The quantitative estimate of drug-likeness (QED) is 0.0244. The molecule has 0 aromatic heterocycles. The number of carbonyl (C=O) groups is 2. The van der Waals surface area contributed by atoms with E-state index in [0.717, 1.165) is 70.6 Å². The Balaban J connectivity index is 4.49. The fourth-order valence-electron chi connectivity index (χ4n) is 9.18. The first-order chi connectivity index (χ1) is 33.0. The van der Waals surface area contributed by atoms with Crippen molar-refractivity contribution in [1.82, 2.24) is 5.32 Å². The standard InChI is InChI=1S/C61H115NO5/c1-4-7-10-13-16-19-22-25-27-29-30-31-33-36-39-42-45-48-51-54-61(66)67-57(52-49-46-43-40-37-34-24-21-18-15-12-9-6-3)55-60(65)62-58(56-63)59(64)53-50-47-44-41-38-35-32-28-26-23-20-17-14-11-8-5-2/h18,21,24-25,27,34,57-59,63-64H,4-17,19-20,22-23,26,28-33,35-56H2,1-3H3,(H,62,65)/b21-18+,27-25+,34-24+. The summed E-state index contributed by atoms with van der Waals surface area (Å²) in [4.78, 5) is 26.3. The summed E-state index contributed by atoms with van der Waals surface area (Å²) in [5.74, 6) is -0.482. The number of carbonyl (C=O) groups excluding carboxylic acids is 2. The summed E-state index contributed by atoms with van der Waals surface area (Å²) in [6.07, 6.45) is 66.4. The molecule has 3 atom stereocenters. The first-order valence-electron chi connectivity index (χ1n) is 29.7. The number of amides is 1. The second kappa shape index (κ2) is 55.0. The molecule has 0 saturated heterocycles. The summed E-state index contributed by atoms with van der Waals surface area (Å²) >= 11 is 0. The first kappa shape index (κ1) is 65.1. The molecule has 0 radical (unpaired) electrons. The first-order valence-corrected chi connectivity index (χ1v) is 29.7. The molecular formula is C61H115NO5. The van der Waals surface area contributed by atoms with Gasteiger partial charge in [-0.3, -0.25) is 9.59 Å². The highest BCUT2D eigenvalue weighted by molar-refractivity contribution is 5.77. The van der Waals surface area contributed by atoms with E-state index in [9.17, 15) is 19.8 Å². The van der Waals surface area contributed by atoms with Crippen LogP contribution in [0.2, 0.25) is 0 Å². The van der Waals surface area contributed by atoms with Crippen molar-refractivity contribution in [3.63, 3.8) is 0 Å². The third-order valence-electron chi connectivity index (χ3n) is 13.7. The lowest BCUT2D eigenvalue weighted by Gasteiger charge is -2.24. The maximum Gasteiger partial charge on any atom is 0.306 e. The van der Waals surface area contributed by atoms with Crippen LogP contribution in [0.5, 0.6) is 0 Å². The van der Waals surface area contributed by atoms with Crippen molar-refractivity contribution in [3.8, 4) is 0 Å². The third-order valence-corrected chi connectivity index (χ3v) is 13.7. The minimum Gasteiger partial charge on any atom is -0.462 e. The lowest BCUT2D eigenvalue weighted by atomic mass is 10.0. The summed E-state index contributed by atoms with van der Waals surface area (Å²) < 4.78 is 5.96. The van der Waals surface area contributed by atoms with E-state index in [2.05, 4.69) is 62.5 Å². The number of rotatable bonds is 54. The van der Waals surface area contributed by atoms with E-state index in [1.165, 1.54) is 199 Å². The number of nitrogens with one attached hydrogen (secondary N) is 1. The number of hydrogen-bond donors (Lipinski definition) is 3. The summed E-state index contributed by atoms with van der Waals surface area (Å²) in [6.45, 7) is 6.48. The van der Waals surface area contributed by atoms with Gasteiger partial charge in [-0.2, -0.15) is 0 Å². The van der Waals surface area contributed by atoms with Crippen LogP contribution in [-0.4, -0.2) is 46.9 Å². The average molecular weight is 943 g/mol. The maximum atomic E-state index is 13.3. The molecular weight excluding hydrogens is 827 g/mol. The third kappa shape index (κ3) is 50.3. The van der Waals surface area contributed by atoms with Crippen molar-refractivity contribution in [2.24, 2.45) is 0 Å². The van der Waals surface area contributed by atoms with Gasteiger partial charge in [-0.25, -0.2) is 0 Å². The maximum absolute atomic E-state index is 13.3. The van der Waals surface area contributed by atoms with Crippen molar-refractivity contribution in [3.05, 3.63) is 36.5 Å². The minimum atomic E-state index is -0.793. The Hall–Kier alpha value is -1.92. The Morgan fingerprint density at radius 2 is 0.761 bits per heavy atom. The second-order valence-electron chi connectivity index (χ2n) is 20.4. The predicted octanol–water partition coefficient (Wildman–Crippen LogP) is 18.4. The minimum absolute atomic E-state index is 0.0663. The molecule has 0 aromatic rings. The molecule has 0 bridgehead atoms. The van der Waals surface area contributed by atoms with Gasteiger partial charge in [0.25, 0.3) is 0 Å². The van der Waals surface area contributed by atoms with E-state index in [0.29, 0.717) is 19.3 Å². The molecule has 0 rings (SSSR count). The van der Waals surface area contributed by atoms with E-state index in [1.54, 1.807) is 0 Å². The number of unbranched alkanes of at least 4 members (excludes halogenated alkanes) is 37. The fourth-order valence-corrected chi connectivity index (χ4v) is 9.18. The molecule has 0 fully saturated rings. The molecule has 0 heterocycles. The second-order valence-corrected chi connectivity index (χ2v) is 20.4. The zero-order valence-corrected chi connectivity index (χ0v) is 45.0. The molecule has 1 amide bonds. The summed E-state index contributed by atoms with van der Waals surface area (Å²) in [7, 11) is 0. The van der Waals surface area contributed by atoms with Crippen LogP contribution in [0.1, 0.15) is 316 Å². The van der Waals surface area contributed by atoms with Crippen LogP contribution in [0.25, 0.3) is 0 Å². The number of aliphatic hydroxyl groups excluding tert-OH is 2. The van der Waals surface area contributed by atoms with Crippen molar-refractivity contribution < 1.29 is 24.5 Å². The van der Waals surface area contributed by atoms with Gasteiger partial charge in [-0.05, 0) is 77.0 Å². The molecule has 0 spiro atoms. The molecule has 0 aliphatic rings. The van der Waals surface area contributed by atoms with Gasteiger partial charge in [0, 0.05) is 6.42 Å². The topological polar surface area (TPSA) is 95.9 Å². The molecule has 3 unspecified atom stereocenters. The normalized spacial score (nSPS) is 13.3. The lowest BCUT2D eigenvalue weighted by Crippen LogP contribution is -2.46. The molecule has 0 aliphatic carbocycles. The monoisotopic (exact) mass is 942 g/mol. The Kier molecular flexibility index (Phi) is 53.4. The number of esters is 1. The van der Waals surface area contributed by atoms with Gasteiger partial charge in [-0.1, -0.05) is 263 Å². The van der Waals surface area contributed by atoms with Gasteiger partial charge in [0.2, 0.25) is 5.91 Å². The van der Waals surface area contributed by atoms with Gasteiger partial charge >= 0.3 is 5.97 Å². The van der Waals surface area contributed by atoms with Crippen LogP contribution in [0, 0.1) is 0 Å². The van der Waals surface area contributed by atoms with Gasteiger partial charge in [0.15, 0.2) is 0 Å². The summed E-state index contributed by atoms with van der Waals surface area (Å²) in [5.41, 5.74) is 0. The van der Waals surface area contributed by atoms with Gasteiger partial charge in [0.05, 0.1) is 25.2 Å². The Bertz CT molecular complexity index is 1100. The fraction of sp³-hybridized carbons (Fsp3) is 0.869. The van der Waals surface area contributed by atoms with Crippen molar-refractivity contribution in [2.45, 2.75) is 334 Å². The average Bonchev–Trinajstić information content (AvgIpc) is 3.32. The molecule has 6 nitrogen and oxygen atoms in total. The predicted molar refractivity (Wildman–Crippen MR) is 292 cm³/mol. The van der Waals surface area contributed by atoms with Crippen LogP contribution in [0.3, 0.4) is 0 Å². The number of ether oxygens (including phenoxy) is 1. The molecule has 67 heavy (non-hydrogen) atoms. The van der Waals surface area contributed by atoms with Gasteiger partial charge < -0.3 is 20.3 Å². The highest BCUT2D eigenvalue weighted by atomic mass is 16.5. The van der Waals surface area contributed by atoms with Crippen molar-refractivity contribution in [1.29, 1.82) is 0 Å². The number of hydrogen-bond acceptors (Lipinski definition) is 5. The highest BCUT2D eigenvalue weighted by Gasteiger charge is 2.24. The largest absolute Gasteiger partial charge is 0.462 e. The molecule has 6 heteroatoms. The zero-order chi connectivity index (χ0) is 48.8. The molecule has 0 aliphatic heterocycles. The SMILES string of the molecule is CCCCC/C=C/C=C/CCCCCCC(CC(=O)NC(CO)C(O)CCCCCCCCCCCCCCCCCC)OC(=O)CCCCCCCCCCC/C=C/CCCCCCCC. The lowest BCUT2D eigenvalue weighted by molar-refractivity contribution is -0.151. The van der Waals surface area contributed by atoms with E-state index >= 15 is 0 Å². The van der Waals surface area contributed by atoms with E-state index in [1.807, 2.05) is 0 Å². The van der Waals surface area contributed by atoms with Crippen molar-refractivity contribution in [2.75, 3.05) is 6.61 Å². The molecule has 0 saturated carbocycles. The van der Waals surface area contributed by atoms with Crippen LogP contribution in [-0.2, 0) is 14.3 Å². The van der Waals surface area contributed by atoms with E-state index in [-0.39, 0.29) is 24.9 Å². The number of allylic oxidation sites excluding steroid dienone is 6. The summed E-state index contributed by atoms with van der Waals surface area (Å²) in [6, 6.07) is -0.707. The Morgan fingerprint density at radius 1 is 0.433 bits per heavy atom. The smallest absolute Gasteiger partial charge is 0.306 e. The number of aliphatic hydroxyl groups is 2. The van der Waals surface area contributed by atoms with E-state index in [4.69, 9.17) is 4.74 Å². The van der Waals surface area contributed by atoms with Gasteiger partial charge in [0.1, 0.15) is 6.10 Å². The van der Waals surface area contributed by atoms with Crippen LogP contribution < -0.4 is 5.32 Å².